The van der Waals surface area contributed by atoms with E-state index in [1.807, 2.05) is 0 Å². The molecule has 1 aromatic rings. The first-order valence-electron chi connectivity index (χ1n) is 9.22. The number of aryl methyl sites for hydroxylation is 1. The molecule has 1 aliphatic heterocycles. The Hall–Kier alpha value is -1.96. The maximum absolute atomic E-state index is 13.6. The Morgan fingerprint density at radius 2 is 1.89 bits per heavy atom. The second-order valence-corrected chi connectivity index (χ2v) is 9.56. The van der Waals surface area contributed by atoms with Gasteiger partial charge in [0.25, 0.3) is 5.91 Å². The maximum atomic E-state index is 13.6. The maximum Gasteiger partial charge on any atom is 0.338 e. The highest BCUT2D eigenvalue weighted by molar-refractivity contribution is 7.91. The number of amides is 1. The molecule has 2 fully saturated rings. The van der Waals surface area contributed by atoms with E-state index in [9.17, 15) is 22.4 Å². The minimum atomic E-state index is -3.13. The van der Waals surface area contributed by atoms with E-state index in [1.165, 1.54) is 12.1 Å². The Bertz CT molecular complexity index is 833. The van der Waals surface area contributed by atoms with Crippen LogP contribution in [0.25, 0.3) is 0 Å². The van der Waals surface area contributed by atoms with Gasteiger partial charge >= 0.3 is 5.97 Å². The molecule has 0 radical (unpaired) electrons. The number of nitrogens with zero attached hydrogens (tertiary/aromatic N) is 1. The summed E-state index contributed by atoms with van der Waals surface area (Å²) in [6.45, 7) is 1.12. The first-order valence-corrected chi connectivity index (χ1v) is 11.0. The quantitative estimate of drug-likeness (QED) is 0.712. The molecule has 0 bridgehead atoms. The van der Waals surface area contributed by atoms with E-state index in [0.717, 1.165) is 31.7 Å². The van der Waals surface area contributed by atoms with Gasteiger partial charge in [0.2, 0.25) is 0 Å². The molecule has 0 unspecified atom stereocenters. The van der Waals surface area contributed by atoms with Gasteiger partial charge in [-0.05, 0) is 43.9 Å². The van der Waals surface area contributed by atoms with Crippen LogP contribution in [0.3, 0.4) is 0 Å². The van der Waals surface area contributed by atoms with Crippen LogP contribution in [-0.4, -0.2) is 55.4 Å². The third-order valence-electron chi connectivity index (χ3n) is 5.34. The Morgan fingerprint density at radius 3 is 2.48 bits per heavy atom. The zero-order valence-corrected chi connectivity index (χ0v) is 16.1. The number of hydrogen-bond acceptors (Lipinski definition) is 5. The Morgan fingerprint density at radius 1 is 1.19 bits per heavy atom. The van der Waals surface area contributed by atoms with Crippen molar-refractivity contribution >= 4 is 21.7 Å². The fraction of sp³-hybridized carbons (Fsp3) is 0.579. The normalized spacial score (nSPS) is 21.9. The summed E-state index contributed by atoms with van der Waals surface area (Å²) in [4.78, 5) is 26.5. The molecule has 6 nitrogen and oxygen atoms in total. The molecule has 1 saturated carbocycles. The van der Waals surface area contributed by atoms with Crippen molar-refractivity contribution in [2.75, 3.05) is 18.1 Å². The fourth-order valence-corrected chi connectivity index (χ4v) is 5.60. The number of sulfone groups is 1. The molecule has 2 aliphatic rings. The summed E-state index contributed by atoms with van der Waals surface area (Å²) >= 11 is 0. The molecule has 1 aromatic carbocycles. The zero-order chi connectivity index (χ0) is 19.6. The van der Waals surface area contributed by atoms with E-state index in [-0.39, 0.29) is 35.1 Å². The van der Waals surface area contributed by atoms with Gasteiger partial charge in [0.05, 0.1) is 17.1 Å². The van der Waals surface area contributed by atoms with Crippen molar-refractivity contribution in [3.8, 4) is 0 Å². The molecule has 3 rings (SSSR count). The van der Waals surface area contributed by atoms with Gasteiger partial charge in [0.1, 0.15) is 5.82 Å². The van der Waals surface area contributed by atoms with Crippen molar-refractivity contribution in [1.82, 2.24) is 4.90 Å². The number of rotatable bonds is 5. The summed E-state index contributed by atoms with van der Waals surface area (Å²) in [5.74, 6) is -1.62. The number of carbonyl (C=O) groups is 2. The second kappa shape index (κ2) is 7.96. The topological polar surface area (TPSA) is 80.8 Å². The highest BCUT2D eigenvalue weighted by Gasteiger charge is 2.39. The van der Waals surface area contributed by atoms with Gasteiger partial charge < -0.3 is 9.64 Å². The van der Waals surface area contributed by atoms with Gasteiger partial charge in [-0.3, -0.25) is 4.79 Å². The van der Waals surface area contributed by atoms with Crippen LogP contribution in [0.1, 0.15) is 48.0 Å². The lowest BCUT2D eigenvalue weighted by Crippen LogP contribution is -2.48. The van der Waals surface area contributed by atoms with Crippen molar-refractivity contribution in [2.24, 2.45) is 0 Å². The van der Waals surface area contributed by atoms with Crippen LogP contribution in [0.2, 0.25) is 0 Å². The highest BCUT2D eigenvalue weighted by Crippen LogP contribution is 2.29. The number of halogens is 1. The van der Waals surface area contributed by atoms with E-state index in [2.05, 4.69) is 0 Å². The van der Waals surface area contributed by atoms with Gasteiger partial charge in [-0.25, -0.2) is 17.6 Å². The van der Waals surface area contributed by atoms with Gasteiger partial charge in [0, 0.05) is 12.1 Å². The highest BCUT2D eigenvalue weighted by atomic mass is 32.2. The number of benzene rings is 1. The lowest BCUT2D eigenvalue weighted by atomic mass is 10.1. The van der Waals surface area contributed by atoms with Crippen LogP contribution in [0.5, 0.6) is 0 Å². The van der Waals surface area contributed by atoms with Crippen LogP contribution in [0.15, 0.2) is 18.2 Å². The smallest absolute Gasteiger partial charge is 0.338 e. The van der Waals surface area contributed by atoms with Crippen molar-refractivity contribution in [3.05, 3.63) is 35.1 Å². The van der Waals surface area contributed by atoms with E-state index >= 15 is 0 Å². The molecular weight excluding hydrogens is 373 g/mol. The molecule has 1 atom stereocenters. The molecule has 8 heteroatoms. The molecule has 0 N–H and O–H groups in total. The van der Waals surface area contributed by atoms with Gasteiger partial charge in [0.15, 0.2) is 16.4 Å². The molecule has 0 aromatic heterocycles. The van der Waals surface area contributed by atoms with Crippen LogP contribution >= 0.6 is 0 Å². The van der Waals surface area contributed by atoms with Crippen molar-refractivity contribution < 1.29 is 27.1 Å². The summed E-state index contributed by atoms with van der Waals surface area (Å²) in [7, 11) is -3.13. The average Bonchev–Trinajstić information content (AvgIpc) is 3.25. The average molecular weight is 397 g/mol. The number of esters is 1. The Labute approximate surface area is 158 Å². The molecule has 148 valence electrons. The number of hydrogen-bond donors (Lipinski definition) is 0. The lowest BCUT2D eigenvalue weighted by molar-refractivity contribution is -0.139. The summed E-state index contributed by atoms with van der Waals surface area (Å²) in [5.41, 5.74) is 0.458. The summed E-state index contributed by atoms with van der Waals surface area (Å²) in [6, 6.07) is 3.64. The van der Waals surface area contributed by atoms with Crippen LogP contribution in [0, 0.1) is 12.7 Å². The minimum Gasteiger partial charge on any atom is -0.452 e. The van der Waals surface area contributed by atoms with Crippen molar-refractivity contribution in [1.29, 1.82) is 0 Å². The number of ether oxygens (including phenoxy) is 1. The van der Waals surface area contributed by atoms with Crippen LogP contribution in [0.4, 0.5) is 4.39 Å². The molecular formula is C19H24FNO5S. The summed E-state index contributed by atoms with van der Waals surface area (Å²) in [5, 5.41) is 0. The lowest BCUT2D eigenvalue weighted by Gasteiger charge is -2.33. The summed E-state index contributed by atoms with van der Waals surface area (Å²) in [6.07, 6.45) is 4.08. The van der Waals surface area contributed by atoms with E-state index in [1.54, 1.807) is 11.8 Å². The van der Waals surface area contributed by atoms with E-state index < -0.39 is 28.2 Å². The van der Waals surface area contributed by atoms with Crippen LogP contribution < -0.4 is 0 Å². The molecule has 27 heavy (non-hydrogen) atoms. The number of carbonyl (C=O) groups excluding carboxylic acids is 2. The van der Waals surface area contributed by atoms with Crippen molar-refractivity contribution in [3.63, 3.8) is 0 Å². The van der Waals surface area contributed by atoms with Gasteiger partial charge in [-0.15, -0.1) is 0 Å². The SMILES string of the molecule is Cc1ccc(C(=O)OCC(=O)N(C2CCCC2)[C@H]2CCS(=O)(=O)C2)cc1F. The largest absolute Gasteiger partial charge is 0.452 e. The van der Waals surface area contributed by atoms with Gasteiger partial charge in [-0.2, -0.15) is 0 Å². The second-order valence-electron chi connectivity index (χ2n) is 7.34. The molecule has 0 spiro atoms. The van der Waals surface area contributed by atoms with Crippen LogP contribution in [-0.2, 0) is 19.4 Å². The monoisotopic (exact) mass is 397 g/mol. The third kappa shape index (κ3) is 4.66. The van der Waals surface area contributed by atoms with E-state index in [4.69, 9.17) is 4.74 Å². The Balaban J connectivity index is 1.67. The predicted molar refractivity (Wildman–Crippen MR) is 97.6 cm³/mol. The standard InChI is InChI=1S/C19H24FNO5S/c1-13-6-7-14(10-17(13)20)19(23)26-11-18(22)21(15-4-2-3-5-15)16-8-9-27(24,25)12-16/h6-7,10,15-16H,2-5,8-9,11-12H2,1H3/t16-/m0/s1. The first kappa shape index (κ1) is 19.8. The fourth-order valence-electron chi connectivity index (χ4n) is 3.89. The molecule has 1 amide bonds. The third-order valence-corrected chi connectivity index (χ3v) is 7.09. The zero-order valence-electron chi connectivity index (χ0n) is 15.3. The van der Waals surface area contributed by atoms with Crippen molar-refractivity contribution in [2.45, 2.75) is 51.1 Å². The van der Waals surface area contributed by atoms with E-state index in [0.29, 0.717) is 12.0 Å². The molecule has 1 heterocycles. The van der Waals surface area contributed by atoms with Gasteiger partial charge in [-0.1, -0.05) is 18.9 Å². The minimum absolute atomic E-state index is 0.00804. The molecule has 1 saturated heterocycles. The first-order chi connectivity index (χ1) is 12.8. The summed E-state index contributed by atoms with van der Waals surface area (Å²) < 4.78 is 42.4. The predicted octanol–water partition coefficient (Wildman–Crippen LogP) is 2.25. The Kier molecular flexibility index (Phi) is 5.83. The molecule has 1 aliphatic carbocycles.